The van der Waals surface area contributed by atoms with Gasteiger partial charge in [0.2, 0.25) is 5.24 Å². The second kappa shape index (κ2) is 5.69. The van der Waals surface area contributed by atoms with E-state index in [9.17, 15) is 4.79 Å². The van der Waals surface area contributed by atoms with Crippen molar-refractivity contribution in [3.63, 3.8) is 0 Å². The normalized spacial score (nSPS) is 10.4. The van der Waals surface area contributed by atoms with E-state index < -0.39 is 0 Å². The molecule has 0 aromatic heterocycles. The van der Waals surface area contributed by atoms with Gasteiger partial charge in [-0.3, -0.25) is 9.69 Å². The van der Waals surface area contributed by atoms with Gasteiger partial charge in [-0.25, -0.2) is 0 Å². The minimum Gasteiger partial charge on any atom is -0.295 e. The summed E-state index contributed by atoms with van der Waals surface area (Å²) in [5.74, 6) is 0. The number of rotatable bonds is 5. The fraction of sp³-hybridized carbons (Fsp3) is 0.857. The maximum Gasteiger partial charge on any atom is 0.235 e. The van der Waals surface area contributed by atoms with Crippen LogP contribution in [-0.4, -0.2) is 29.8 Å². The highest BCUT2D eigenvalue weighted by Crippen LogP contribution is 1.92. The van der Waals surface area contributed by atoms with Crippen LogP contribution in [0.15, 0.2) is 0 Å². The monoisotopic (exact) mass is 163 g/mol. The standard InChI is InChI=1S/C7H14ClNO/c1-3-5-9(4-2)6-7(8)10/h3-6H2,1-2H3. The molecule has 0 aliphatic rings. The van der Waals surface area contributed by atoms with Gasteiger partial charge >= 0.3 is 0 Å². The van der Waals surface area contributed by atoms with Crippen LogP contribution in [-0.2, 0) is 4.79 Å². The highest BCUT2D eigenvalue weighted by molar-refractivity contribution is 6.64. The van der Waals surface area contributed by atoms with Crippen LogP contribution in [0.4, 0.5) is 0 Å². The van der Waals surface area contributed by atoms with Crippen LogP contribution in [0.25, 0.3) is 0 Å². The van der Waals surface area contributed by atoms with E-state index in [0.29, 0.717) is 6.54 Å². The number of hydrogen-bond acceptors (Lipinski definition) is 2. The molecule has 10 heavy (non-hydrogen) atoms. The van der Waals surface area contributed by atoms with Gasteiger partial charge in [-0.05, 0) is 31.1 Å². The lowest BCUT2D eigenvalue weighted by Gasteiger charge is -2.15. The van der Waals surface area contributed by atoms with E-state index in [4.69, 9.17) is 11.6 Å². The van der Waals surface area contributed by atoms with Crippen LogP contribution >= 0.6 is 11.6 Å². The lowest BCUT2D eigenvalue weighted by molar-refractivity contribution is -0.112. The van der Waals surface area contributed by atoms with E-state index >= 15 is 0 Å². The minimum atomic E-state index is -0.268. The summed E-state index contributed by atoms with van der Waals surface area (Å²) < 4.78 is 0. The van der Waals surface area contributed by atoms with Crippen molar-refractivity contribution in [2.24, 2.45) is 0 Å². The third-order valence-corrected chi connectivity index (χ3v) is 1.45. The Morgan fingerprint density at radius 3 is 2.40 bits per heavy atom. The largest absolute Gasteiger partial charge is 0.295 e. The predicted molar refractivity (Wildman–Crippen MR) is 43.3 cm³/mol. The summed E-state index contributed by atoms with van der Waals surface area (Å²) in [6.45, 7) is 6.34. The third kappa shape index (κ3) is 4.77. The number of likely N-dealkylation sites (N-methyl/N-ethyl adjacent to an activating group) is 1. The van der Waals surface area contributed by atoms with E-state index in [1.807, 2.05) is 11.8 Å². The van der Waals surface area contributed by atoms with Gasteiger partial charge in [0.1, 0.15) is 0 Å². The molecule has 0 aliphatic carbocycles. The fourth-order valence-corrected chi connectivity index (χ4v) is 1.01. The number of nitrogens with zero attached hydrogens (tertiary/aromatic N) is 1. The van der Waals surface area contributed by atoms with Crippen molar-refractivity contribution in [3.8, 4) is 0 Å². The van der Waals surface area contributed by atoms with Crippen LogP contribution in [0, 0.1) is 0 Å². The molecule has 0 amide bonds. The fourth-order valence-electron chi connectivity index (χ4n) is 0.841. The van der Waals surface area contributed by atoms with Crippen molar-refractivity contribution in [2.75, 3.05) is 19.6 Å². The van der Waals surface area contributed by atoms with Gasteiger partial charge in [-0.2, -0.15) is 0 Å². The molecular formula is C7H14ClNO. The molecule has 0 aromatic carbocycles. The second-order valence-electron chi connectivity index (χ2n) is 2.22. The Hall–Kier alpha value is -0.0800. The van der Waals surface area contributed by atoms with E-state index in [1.54, 1.807) is 0 Å². The molecule has 3 heteroatoms. The minimum absolute atomic E-state index is 0.268. The first-order chi connectivity index (χ1) is 4.70. The topological polar surface area (TPSA) is 20.3 Å². The first-order valence-electron chi connectivity index (χ1n) is 3.61. The maximum atomic E-state index is 10.4. The van der Waals surface area contributed by atoms with Crippen molar-refractivity contribution in [3.05, 3.63) is 0 Å². The Bertz CT molecular complexity index is 106. The summed E-state index contributed by atoms with van der Waals surface area (Å²) in [5.41, 5.74) is 0. The first kappa shape index (κ1) is 9.92. The maximum absolute atomic E-state index is 10.4. The van der Waals surface area contributed by atoms with Crippen LogP contribution in [0.3, 0.4) is 0 Å². The summed E-state index contributed by atoms with van der Waals surface area (Å²) in [6, 6.07) is 0. The van der Waals surface area contributed by atoms with Gasteiger partial charge in [0.15, 0.2) is 0 Å². The number of carbonyl (C=O) groups excluding carboxylic acids is 1. The van der Waals surface area contributed by atoms with Gasteiger partial charge in [0.05, 0.1) is 6.54 Å². The predicted octanol–water partition coefficient (Wildman–Crippen LogP) is 1.48. The first-order valence-corrected chi connectivity index (χ1v) is 3.99. The Balaban J connectivity index is 3.49. The molecule has 0 saturated carbocycles. The summed E-state index contributed by atoms with van der Waals surface area (Å²) in [5, 5.41) is -0.268. The van der Waals surface area contributed by atoms with Crippen LogP contribution in [0.5, 0.6) is 0 Å². The second-order valence-corrected chi connectivity index (χ2v) is 2.65. The molecule has 0 aromatic rings. The van der Waals surface area contributed by atoms with Gasteiger partial charge in [-0.1, -0.05) is 13.8 Å². The summed E-state index contributed by atoms with van der Waals surface area (Å²) in [4.78, 5) is 12.4. The molecule has 0 rings (SSSR count). The molecule has 0 spiro atoms. The molecular weight excluding hydrogens is 150 g/mol. The molecule has 0 atom stereocenters. The van der Waals surface area contributed by atoms with Crippen molar-refractivity contribution in [2.45, 2.75) is 20.3 Å². The number of carbonyl (C=O) groups is 1. The smallest absolute Gasteiger partial charge is 0.235 e. The highest BCUT2D eigenvalue weighted by Gasteiger charge is 2.03. The summed E-state index contributed by atoms with van der Waals surface area (Å²) in [7, 11) is 0. The van der Waals surface area contributed by atoms with Gasteiger partial charge in [0.25, 0.3) is 0 Å². The Kier molecular flexibility index (Phi) is 5.64. The van der Waals surface area contributed by atoms with E-state index in [1.165, 1.54) is 0 Å². The van der Waals surface area contributed by atoms with Gasteiger partial charge in [0, 0.05) is 0 Å². The highest BCUT2D eigenvalue weighted by atomic mass is 35.5. The summed E-state index contributed by atoms with van der Waals surface area (Å²) in [6.07, 6.45) is 1.07. The SMILES string of the molecule is CCCN(CC)CC(=O)Cl. The Morgan fingerprint density at radius 1 is 1.50 bits per heavy atom. The van der Waals surface area contributed by atoms with Gasteiger partial charge in [-0.15, -0.1) is 0 Å². The van der Waals surface area contributed by atoms with E-state index in [0.717, 1.165) is 19.5 Å². The molecule has 0 aliphatic heterocycles. The van der Waals surface area contributed by atoms with Crippen LogP contribution in [0.2, 0.25) is 0 Å². The van der Waals surface area contributed by atoms with E-state index in [-0.39, 0.29) is 5.24 Å². The van der Waals surface area contributed by atoms with Crippen LogP contribution in [0.1, 0.15) is 20.3 Å². The molecule has 2 nitrogen and oxygen atoms in total. The quantitative estimate of drug-likeness (QED) is 0.573. The molecule has 0 bridgehead atoms. The zero-order valence-corrected chi connectivity index (χ0v) is 7.32. The third-order valence-electron chi connectivity index (χ3n) is 1.33. The number of hydrogen-bond donors (Lipinski definition) is 0. The van der Waals surface area contributed by atoms with Crippen molar-refractivity contribution in [1.29, 1.82) is 0 Å². The van der Waals surface area contributed by atoms with Crippen molar-refractivity contribution < 1.29 is 4.79 Å². The van der Waals surface area contributed by atoms with Gasteiger partial charge < -0.3 is 0 Å². The Morgan fingerprint density at radius 2 is 2.10 bits per heavy atom. The average molecular weight is 164 g/mol. The molecule has 0 heterocycles. The Labute approximate surface area is 67.2 Å². The zero-order chi connectivity index (χ0) is 7.98. The molecule has 0 saturated heterocycles. The number of halogens is 1. The van der Waals surface area contributed by atoms with Crippen molar-refractivity contribution in [1.82, 2.24) is 4.90 Å². The van der Waals surface area contributed by atoms with Crippen LogP contribution < -0.4 is 0 Å². The van der Waals surface area contributed by atoms with E-state index in [2.05, 4.69) is 6.92 Å². The lowest BCUT2D eigenvalue weighted by Crippen LogP contribution is -2.28. The average Bonchev–Trinajstić information content (AvgIpc) is 1.86. The zero-order valence-electron chi connectivity index (χ0n) is 6.56. The molecule has 0 radical (unpaired) electrons. The lowest BCUT2D eigenvalue weighted by atomic mass is 10.4. The molecule has 0 fully saturated rings. The molecule has 0 unspecified atom stereocenters. The van der Waals surface area contributed by atoms with Crippen molar-refractivity contribution >= 4 is 16.8 Å². The molecule has 60 valence electrons. The molecule has 0 N–H and O–H groups in total. The summed E-state index contributed by atoms with van der Waals surface area (Å²) >= 11 is 5.21.